The summed E-state index contributed by atoms with van der Waals surface area (Å²) < 4.78 is 11.2. The molecule has 8 nitrogen and oxygen atoms in total. The maximum atomic E-state index is 13.1. The Labute approximate surface area is 169 Å². The molecule has 1 aliphatic heterocycles. The van der Waals surface area contributed by atoms with Gasteiger partial charge in [0.2, 0.25) is 0 Å². The number of hydrogen-bond acceptors (Lipinski definition) is 7. The third-order valence-corrected chi connectivity index (χ3v) is 5.11. The van der Waals surface area contributed by atoms with E-state index in [9.17, 15) is 4.79 Å². The highest BCUT2D eigenvalue weighted by Crippen LogP contribution is 2.24. The second kappa shape index (κ2) is 8.30. The van der Waals surface area contributed by atoms with Gasteiger partial charge < -0.3 is 19.1 Å². The smallest absolute Gasteiger partial charge is 0.257 e. The number of rotatable bonds is 5. The van der Waals surface area contributed by atoms with Crippen LogP contribution in [0.15, 0.2) is 47.4 Å². The van der Waals surface area contributed by atoms with Gasteiger partial charge in [0.15, 0.2) is 0 Å². The third-order valence-electron chi connectivity index (χ3n) is 5.11. The summed E-state index contributed by atoms with van der Waals surface area (Å²) in [5.74, 6) is 2.10. The molecule has 1 amide bonds. The van der Waals surface area contributed by atoms with E-state index in [0.29, 0.717) is 44.1 Å². The van der Waals surface area contributed by atoms with Crippen LogP contribution in [-0.2, 0) is 6.61 Å². The highest BCUT2D eigenvalue weighted by atomic mass is 16.5. The number of ether oxygens (including phenoxy) is 1. The molecular weight excluding hydrogens is 370 g/mol. The molecule has 1 aliphatic rings. The van der Waals surface area contributed by atoms with E-state index in [2.05, 4.69) is 20.0 Å². The van der Waals surface area contributed by atoms with Crippen LogP contribution in [0.25, 0.3) is 0 Å². The van der Waals surface area contributed by atoms with Crippen molar-refractivity contribution in [3.63, 3.8) is 0 Å². The standard InChI is InChI=1S/C21H23N5O3/c1-15-18(16(2)29-24-15)14-28-19-6-4-3-5-17(19)21(27)26-11-9-25(10-12-26)20-13-22-7-8-23-20/h3-8,13H,9-12,14H2,1-2H3. The largest absolute Gasteiger partial charge is 0.488 e. The lowest BCUT2D eigenvalue weighted by atomic mass is 10.1. The minimum Gasteiger partial charge on any atom is -0.488 e. The number of nitrogens with zero attached hydrogens (tertiary/aromatic N) is 5. The molecule has 0 bridgehead atoms. The number of carbonyl (C=O) groups is 1. The molecule has 3 heterocycles. The topological polar surface area (TPSA) is 84.6 Å². The van der Waals surface area contributed by atoms with Crippen molar-refractivity contribution >= 4 is 11.7 Å². The average Bonchev–Trinajstić information content (AvgIpc) is 3.10. The van der Waals surface area contributed by atoms with Gasteiger partial charge in [0.1, 0.15) is 23.9 Å². The Bertz CT molecular complexity index is 961. The van der Waals surface area contributed by atoms with Crippen molar-refractivity contribution in [2.24, 2.45) is 0 Å². The molecule has 2 aromatic heterocycles. The van der Waals surface area contributed by atoms with E-state index in [1.54, 1.807) is 24.7 Å². The van der Waals surface area contributed by atoms with Crippen molar-refractivity contribution < 1.29 is 14.1 Å². The van der Waals surface area contributed by atoms with Crippen LogP contribution in [0.2, 0.25) is 0 Å². The van der Waals surface area contributed by atoms with Gasteiger partial charge in [0.25, 0.3) is 5.91 Å². The van der Waals surface area contributed by atoms with Gasteiger partial charge in [-0.1, -0.05) is 17.3 Å². The number of anilines is 1. The van der Waals surface area contributed by atoms with E-state index in [4.69, 9.17) is 9.26 Å². The minimum atomic E-state index is -0.0295. The first-order valence-corrected chi connectivity index (χ1v) is 9.57. The first kappa shape index (κ1) is 18.9. The molecule has 0 aliphatic carbocycles. The zero-order chi connectivity index (χ0) is 20.2. The number of benzene rings is 1. The summed E-state index contributed by atoms with van der Waals surface area (Å²) in [7, 11) is 0. The van der Waals surface area contributed by atoms with E-state index in [1.807, 2.05) is 36.9 Å². The Morgan fingerprint density at radius 2 is 1.93 bits per heavy atom. The lowest BCUT2D eigenvalue weighted by molar-refractivity contribution is 0.0741. The summed E-state index contributed by atoms with van der Waals surface area (Å²) >= 11 is 0. The summed E-state index contributed by atoms with van der Waals surface area (Å²) in [6.07, 6.45) is 5.08. The summed E-state index contributed by atoms with van der Waals surface area (Å²) in [4.78, 5) is 25.6. The Kier molecular flexibility index (Phi) is 5.41. The molecule has 0 atom stereocenters. The van der Waals surface area contributed by atoms with Crippen LogP contribution in [0.1, 0.15) is 27.4 Å². The first-order chi connectivity index (χ1) is 14.1. The highest BCUT2D eigenvalue weighted by Gasteiger charge is 2.25. The van der Waals surface area contributed by atoms with Crippen LogP contribution in [0.5, 0.6) is 5.75 Å². The fraction of sp³-hybridized carbons (Fsp3) is 0.333. The molecule has 8 heteroatoms. The molecule has 1 saturated heterocycles. The molecule has 1 aromatic carbocycles. The molecule has 0 spiro atoms. The SMILES string of the molecule is Cc1noc(C)c1COc1ccccc1C(=O)N1CCN(c2cnccn2)CC1. The maximum Gasteiger partial charge on any atom is 0.257 e. The van der Waals surface area contributed by atoms with E-state index in [0.717, 1.165) is 22.8 Å². The summed E-state index contributed by atoms with van der Waals surface area (Å²) in [6, 6.07) is 7.35. The molecule has 0 radical (unpaired) electrons. The van der Waals surface area contributed by atoms with Gasteiger partial charge in [-0.15, -0.1) is 0 Å². The van der Waals surface area contributed by atoms with Gasteiger partial charge in [0.05, 0.1) is 23.0 Å². The maximum absolute atomic E-state index is 13.1. The molecule has 3 aromatic rings. The number of para-hydroxylation sites is 1. The van der Waals surface area contributed by atoms with Crippen LogP contribution in [0.3, 0.4) is 0 Å². The number of piperazine rings is 1. The Morgan fingerprint density at radius 3 is 2.62 bits per heavy atom. The van der Waals surface area contributed by atoms with Crippen molar-refractivity contribution in [3.8, 4) is 5.75 Å². The molecule has 0 N–H and O–H groups in total. The van der Waals surface area contributed by atoms with Crippen molar-refractivity contribution in [3.05, 3.63) is 65.4 Å². The lowest BCUT2D eigenvalue weighted by Gasteiger charge is -2.35. The van der Waals surface area contributed by atoms with Gasteiger partial charge in [-0.2, -0.15) is 0 Å². The third kappa shape index (κ3) is 4.06. The molecule has 150 valence electrons. The van der Waals surface area contributed by atoms with Crippen LogP contribution < -0.4 is 9.64 Å². The first-order valence-electron chi connectivity index (χ1n) is 9.57. The van der Waals surface area contributed by atoms with Gasteiger partial charge >= 0.3 is 0 Å². The van der Waals surface area contributed by atoms with Crippen LogP contribution in [0, 0.1) is 13.8 Å². The van der Waals surface area contributed by atoms with Gasteiger partial charge in [0, 0.05) is 38.6 Å². The zero-order valence-corrected chi connectivity index (χ0v) is 16.5. The molecule has 29 heavy (non-hydrogen) atoms. The highest BCUT2D eigenvalue weighted by molar-refractivity contribution is 5.97. The van der Waals surface area contributed by atoms with Crippen molar-refractivity contribution in [2.75, 3.05) is 31.1 Å². The lowest BCUT2D eigenvalue weighted by Crippen LogP contribution is -2.49. The van der Waals surface area contributed by atoms with Crippen molar-refractivity contribution in [2.45, 2.75) is 20.5 Å². The minimum absolute atomic E-state index is 0.0295. The number of aryl methyl sites for hydroxylation is 2. The quantitative estimate of drug-likeness (QED) is 0.659. The van der Waals surface area contributed by atoms with Gasteiger partial charge in [-0.3, -0.25) is 9.78 Å². The average molecular weight is 393 g/mol. The second-order valence-electron chi connectivity index (χ2n) is 6.93. The van der Waals surface area contributed by atoms with Crippen LogP contribution in [-0.4, -0.2) is 52.1 Å². The summed E-state index contributed by atoms with van der Waals surface area (Å²) in [5, 5.41) is 3.95. The van der Waals surface area contributed by atoms with Crippen LogP contribution >= 0.6 is 0 Å². The normalized spacial score (nSPS) is 14.1. The Balaban J connectivity index is 1.43. The Hall–Kier alpha value is -3.42. The van der Waals surface area contributed by atoms with E-state index >= 15 is 0 Å². The monoisotopic (exact) mass is 393 g/mol. The molecule has 0 saturated carbocycles. The molecular formula is C21H23N5O3. The number of carbonyl (C=O) groups excluding carboxylic acids is 1. The zero-order valence-electron chi connectivity index (χ0n) is 16.5. The number of hydrogen-bond donors (Lipinski definition) is 0. The van der Waals surface area contributed by atoms with E-state index in [1.165, 1.54) is 0 Å². The van der Waals surface area contributed by atoms with Crippen LogP contribution in [0.4, 0.5) is 5.82 Å². The van der Waals surface area contributed by atoms with Gasteiger partial charge in [-0.25, -0.2) is 4.98 Å². The summed E-state index contributed by atoms with van der Waals surface area (Å²) in [6.45, 7) is 6.71. The van der Waals surface area contributed by atoms with Crippen molar-refractivity contribution in [1.29, 1.82) is 0 Å². The molecule has 0 unspecified atom stereocenters. The fourth-order valence-electron chi connectivity index (χ4n) is 3.39. The van der Waals surface area contributed by atoms with Crippen molar-refractivity contribution in [1.82, 2.24) is 20.0 Å². The Morgan fingerprint density at radius 1 is 1.14 bits per heavy atom. The molecule has 1 fully saturated rings. The van der Waals surface area contributed by atoms with E-state index < -0.39 is 0 Å². The summed E-state index contributed by atoms with van der Waals surface area (Å²) in [5.41, 5.74) is 2.27. The number of aromatic nitrogens is 3. The predicted octanol–water partition coefficient (Wildman–Crippen LogP) is 2.62. The second-order valence-corrected chi connectivity index (χ2v) is 6.93. The fourth-order valence-corrected chi connectivity index (χ4v) is 3.39. The molecule has 4 rings (SSSR count). The van der Waals surface area contributed by atoms with E-state index in [-0.39, 0.29) is 5.91 Å². The van der Waals surface area contributed by atoms with Gasteiger partial charge in [-0.05, 0) is 26.0 Å². The predicted molar refractivity (Wildman–Crippen MR) is 107 cm³/mol. The number of amides is 1.